The van der Waals surface area contributed by atoms with E-state index in [1.54, 1.807) is 6.26 Å². The molecule has 1 N–H and O–H groups in total. The molecular weight excluding hydrogens is 241 g/mol. The van der Waals surface area contributed by atoms with Crippen LogP contribution < -0.4 is 5.32 Å². The van der Waals surface area contributed by atoms with Crippen molar-refractivity contribution < 1.29 is 8.81 Å². The first-order valence-electron chi connectivity index (χ1n) is 5.52. The number of halogens is 2. The van der Waals surface area contributed by atoms with Crippen LogP contribution in [0.25, 0.3) is 16.5 Å². The first-order valence-corrected chi connectivity index (χ1v) is 5.90. The third kappa shape index (κ3) is 1.75. The smallest absolute Gasteiger partial charge is 0.156 e. The fraction of sp³-hybridized carbons (Fsp3) is 0.231. The fourth-order valence-corrected chi connectivity index (χ4v) is 2.36. The second kappa shape index (κ2) is 4.17. The van der Waals surface area contributed by atoms with Crippen LogP contribution in [0.1, 0.15) is 12.0 Å². The van der Waals surface area contributed by atoms with E-state index in [4.69, 9.17) is 16.0 Å². The maximum absolute atomic E-state index is 13.8. The number of benzene rings is 1. The molecule has 1 aromatic carbocycles. The summed E-state index contributed by atoms with van der Waals surface area (Å²) < 4.78 is 19.2. The molecule has 0 bridgehead atoms. The van der Waals surface area contributed by atoms with Crippen LogP contribution in [0.2, 0.25) is 5.02 Å². The molecular formula is C13H11ClFNO. The molecule has 0 radical (unpaired) electrons. The Balaban J connectivity index is 2.24. The average Bonchev–Trinajstić information content (AvgIpc) is 2.81. The van der Waals surface area contributed by atoms with Crippen LogP contribution in [0.5, 0.6) is 0 Å². The van der Waals surface area contributed by atoms with Crippen LogP contribution >= 0.6 is 11.6 Å². The predicted octanol–water partition coefficient (Wildman–Crippen LogP) is 3.60. The molecule has 0 fully saturated rings. The molecule has 0 spiro atoms. The predicted molar refractivity (Wildman–Crippen MR) is 66.6 cm³/mol. The quantitative estimate of drug-likeness (QED) is 0.838. The van der Waals surface area contributed by atoms with Gasteiger partial charge < -0.3 is 9.73 Å². The molecule has 0 amide bonds. The van der Waals surface area contributed by atoms with E-state index in [1.807, 2.05) is 0 Å². The van der Waals surface area contributed by atoms with E-state index >= 15 is 0 Å². The van der Waals surface area contributed by atoms with Gasteiger partial charge in [-0.15, -0.1) is 0 Å². The molecule has 1 aliphatic heterocycles. The van der Waals surface area contributed by atoms with Crippen molar-refractivity contribution in [2.45, 2.75) is 6.42 Å². The number of furan rings is 1. The highest BCUT2D eigenvalue weighted by atomic mass is 35.5. The molecule has 0 saturated carbocycles. The summed E-state index contributed by atoms with van der Waals surface area (Å²) in [5, 5.41) is 4.18. The molecule has 4 heteroatoms. The van der Waals surface area contributed by atoms with Gasteiger partial charge in [-0.25, -0.2) is 4.39 Å². The lowest BCUT2D eigenvalue weighted by molar-refractivity contribution is 0.609. The molecule has 2 heterocycles. The molecule has 0 unspecified atom stereocenters. The maximum atomic E-state index is 13.8. The van der Waals surface area contributed by atoms with Gasteiger partial charge in [-0.3, -0.25) is 0 Å². The normalized spacial score (nSPS) is 16.2. The van der Waals surface area contributed by atoms with Crippen molar-refractivity contribution in [2.24, 2.45) is 0 Å². The summed E-state index contributed by atoms with van der Waals surface area (Å²) in [5.41, 5.74) is 2.29. The van der Waals surface area contributed by atoms with Gasteiger partial charge in [0.15, 0.2) is 5.58 Å². The Bertz CT molecular complexity index is 603. The number of hydrogen-bond donors (Lipinski definition) is 1. The summed E-state index contributed by atoms with van der Waals surface area (Å²) in [6.07, 6.45) is 4.64. The lowest BCUT2D eigenvalue weighted by atomic mass is 10.0. The highest BCUT2D eigenvalue weighted by Gasteiger charge is 2.17. The van der Waals surface area contributed by atoms with Crippen molar-refractivity contribution in [1.29, 1.82) is 0 Å². The Hall–Kier alpha value is -1.32. The van der Waals surface area contributed by atoms with Crippen LogP contribution in [-0.4, -0.2) is 13.1 Å². The number of hydrogen-bond acceptors (Lipinski definition) is 2. The largest absolute Gasteiger partial charge is 0.462 e. The Morgan fingerprint density at radius 1 is 1.35 bits per heavy atom. The van der Waals surface area contributed by atoms with Crippen molar-refractivity contribution in [1.82, 2.24) is 5.32 Å². The Kier molecular flexibility index (Phi) is 2.65. The second-order valence-corrected chi connectivity index (χ2v) is 4.48. The molecule has 88 valence electrons. The summed E-state index contributed by atoms with van der Waals surface area (Å²) >= 11 is 5.99. The van der Waals surface area contributed by atoms with Gasteiger partial charge >= 0.3 is 0 Å². The topological polar surface area (TPSA) is 25.2 Å². The SMILES string of the molecule is Fc1ccc(Cl)c2occ(C3=CCCNC3)c12. The number of rotatable bonds is 1. The van der Waals surface area contributed by atoms with Crippen molar-refractivity contribution in [3.8, 4) is 0 Å². The zero-order valence-electron chi connectivity index (χ0n) is 9.09. The minimum atomic E-state index is -0.292. The van der Waals surface area contributed by atoms with Gasteiger partial charge in [0.1, 0.15) is 5.82 Å². The van der Waals surface area contributed by atoms with E-state index in [2.05, 4.69) is 11.4 Å². The zero-order chi connectivity index (χ0) is 11.8. The van der Waals surface area contributed by atoms with Gasteiger partial charge in [0.2, 0.25) is 0 Å². The number of nitrogens with one attached hydrogen (secondary N) is 1. The van der Waals surface area contributed by atoms with E-state index < -0.39 is 0 Å². The molecule has 3 rings (SSSR count). The summed E-state index contributed by atoms with van der Waals surface area (Å²) in [6, 6.07) is 2.89. The minimum Gasteiger partial charge on any atom is -0.462 e. The van der Waals surface area contributed by atoms with E-state index in [-0.39, 0.29) is 5.82 Å². The van der Waals surface area contributed by atoms with Gasteiger partial charge in [0.05, 0.1) is 16.7 Å². The van der Waals surface area contributed by atoms with Gasteiger partial charge in [-0.1, -0.05) is 17.7 Å². The van der Waals surface area contributed by atoms with E-state index in [9.17, 15) is 4.39 Å². The Labute approximate surface area is 103 Å². The van der Waals surface area contributed by atoms with Gasteiger partial charge in [0.25, 0.3) is 0 Å². The van der Waals surface area contributed by atoms with Crippen LogP contribution in [0, 0.1) is 5.82 Å². The summed E-state index contributed by atoms with van der Waals surface area (Å²) in [5.74, 6) is -0.292. The molecule has 1 aliphatic rings. The molecule has 17 heavy (non-hydrogen) atoms. The third-order valence-electron chi connectivity index (χ3n) is 3.00. The lowest BCUT2D eigenvalue weighted by Crippen LogP contribution is -2.21. The van der Waals surface area contributed by atoms with Crippen molar-refractivity contribution in [3.05, 3.63) is 40.9 Å². The highest BCUT2D eigenvalue weighted by Crippen LogP contribution is 2.34. The molecule has 0 atom stereocenters. The van der Waals surface area contributed by atoms with E-state index in [0.717, 1.165) is 30.6 Å². The average molecular weight is 252 g/mol. The van der Waals surface area contributed by atoms with Gasteiger partial charge in [-0.2, -0.15) is 0 Å². The summed E-state index contributed by atoms with van der Waals surface area (Å²) in [7, 11) is 0. The Morgan fingerprint density at radius 2 is 2.24 bits per heavy atom. The van der Waals surface area contributed by atoms with Crippen molar-refractivity contribution in [3.63, 3.8) is 0 Å². The highest BCUT2D eigenvalue weighted by molar-refractivity contribution is 6.35. The standard InChI is InChI=1S/C13H11ClFNO/c14-10-3-4-11(15)12-9(7-17-13(10)12)8-2-1-5-16-6-8/h2-4,7,16H,1,5-6H2. The van der Waals surface area contributed by atoms with E-state index in [1.165, 1.54) is 12.1 Å². The van der Waals surface area contributed by atoms with Crippen LogP contribution in [0.15, 0.2) is 28.9 Å². The zero-order valence-corrected chi connectivity index (χ0v) is 9.85. The van der Waals surface area contributed by atoms with Gasteiger partial charge in [-0.05, 0) is 30.7 Å². The number of fused-ring (bicyclic) bond motifs is 1. The van der Waals surface area contributed by atoms with Crippen LogP contribution in [-0.2, 0) is 0 Å². The van der Waals surface area contributed by atoms with Crippen molar-refractivity contribution in [2.75, 3.05) is 13.1 Å². The monoisotopic (exact) mass is 251 g/mol. The summed E-state index contributed by atoms with van der Waals surface area (Å²) in [6.45, 7) is 1.70. The first kappa shape index (κ1) is 10.8. The molecule has 1 aromatic heterocycles. The minimum absolute atomic E-state index is 0.292. The molecule has 2 nitrogen and oxygen atoms in total. The maximum Gasteiger partial charge on any atom is 0.156 e. The fourth-order valence-electron chi connectivity index (χ4n) is 2.16. The van der Waals surface area contributed by atoms with Crippen LogP contribution in [0.3, 0.4) is 0 Å². The molecule has 0 aliphatic carbocycles. The molecule has 2 aromatic rings. The first-order chi connectivity index (χ1) is 8.27. The second-order valence-electron chi connectivity index (χ2n) is 4.08. The van der Waals surface area contributed by atoms with E-state index in [0.29, 0.717) is 16.0 Å². The van der Waals surface area contributed by atoms with Crippen molar-refractivity contribution >= 4 is 28.1 Å². The molecule has 0 saturated heterocycles. The Morgan fingerprint density at radius 3 is 3.00 bits per heavy atom. The third-order valence-corrected chi connectivity index (χ3v) is 3.29. The van der Waals surface area contributed by atoms with Gasteiger partial charge in [0, 0.05) is 12.1 Å². The lowest BCUT2D eigenvalue weighted by Gasteiger charge is -2.13. The van der Waals surface area contributed by atoms with Crippen LogP contribution in [0.4, 0.5) is 4.39 Å². The summed E-state index contributed by atoms with van der Waals surface area (Å²) in [4.78, 5) is 0.